The Labute approximate surface area is 244 Å². The predicted molar refractivity (Wildman–Crippen MR) is 155 cm³/mol. The molecule has 0 fully saturated rings. The largest absolute Gasteiger partial charge is 2.00 e. The van der Waals surface area contributed by atoms with Gasteiger partial charge >= 0.3 is 21.1 Å². The topological polar surface area (TPSA) is 56.7 Å². The van der Waals surface area contributed by atoms with E-state index in [0.717, 1.165) is 54.8 Å². The van der Waals surface area contributed by atoms with E-state index in [2.05, 4.69) is 82.6 Å². The van der Waals surface area contributed by atoms with Gasteiger partial charge in [0.25, 0.3) is 0 Å². The molecular weight excluding hydrogens is 677 g/mol. The Morgan fingerprint density at radius 1 is 0.650 bits per heavy atom. The summed E-state index contributed by atoms with van der Waals surface area (Å²) in [5, 5.41) is 6.13. The summed E-state index contributed by atoms with van der Waals surface area (Å²) >= 11 is 0. The molecular formula is C33H23N5OPt. The van der Waals surface area contributed by atoms with E-state index in [4.69, 9.17) is 4.74 Å². The molecule has 0 spiro atoms. The van der Waals surface area contributed by atoms with Gasteiger partial charge in [-0.1, -0.05) is 84.8 Å². The van der Waals surface area contributed by atoms with Crippen molar-refractivity contribution in [2.75, 3.05) is 0 Å². The summed E-state index contributed by atoms with van der Waals surface area (Å²) in [4.78, 5) is 13.8. The molecule has 0 bridgehead atoms. The number of ether oxygens (including phenoxy) is 1. The van der Waals surface area contributed by atoms with E-state index in [-0.39, 0.29) is 26.5 Å². The molecule has 0 saturated heterocycles. The molecule has 0 radical (unpaired) electrons. The molecule has 0 aliphatic carbocycles. The molecule has 0 atom stereocenters. The number of fused-ring (bicyclic) bond motifs is 12. The molecule has 0 amide bonds. The maximum absolute atomic E-state index is 6.33. The van der Waals surface area contributed by atoms with E-state index in [1.165, 1.54) is 5.56 Å². The van der Waals surface area contributed by atoms with Gasteiger partial charge in [-0.2, -0.15) is 0 Å². The molecule has 0 saturated carbocycles. The van der Waals surface area contributed by atoms with Crippen LogP contribution in [0.5, 0.6) is 11.5 Å². The standard InChI is InChI=1S/C33H23N5O.Pt/c1-33(2,3)20-6-9-25-23-10-7-21(18-27(23)31-35-13-15-37(31)29(25)17-20)39-22-8-11-24-26-5-4-12-34-30(26)38-16-14-36-32(38)28(24)19-22;/h4-17H,1-3H3;/q-2;+2. The molecule has 0 aliphatic rings. The van der Waals surface area contributed by atoms with Crippen LogP contribution in [0.15, 0.2) is 85.6 Å². The Hall–Kier alpha value is -4.28. The second kappa shape index (κ2) is 8.87. The molecule has 196 valence electrons. The number of rotatable bonds is 2. The summed E-state index contributed by atoms with van der Waals surface area (Å²) in [5.41, 5.74) is 5.00. The number of benzene rings is 3. The van der Waals surface area contributed by atoms with Gasteiger partial charge in [0.05, 0.1) is 11.3 Å². The Morgan fingerprint density at radius 2 is 1.25 bits per heavy atom. The van der Waals surface area contributed by atoms with Crippen molar-refractivity contribution in [3.05, 3.63) is 103 Å². The molecule has 0 unspecified atom stereocenters. The van der Waals surface area contributed by atoms with E-state index in [9.17, 15) is 0 Å². The van der Waals surface area contributed by atoms with Crippen LogP contribution in [0, 0.1) is 12.1 Å². The van der Waals surface area contributed by atoms with Gasteiger partial charge in [0.15, 0.2) is 0 Å². The van der Waals surface area contributed by atoms with Crippen LogP contribution in [-0.4, -0.2) is 23.8 Å². The average molecular weight is 701 g/mol. The summed E-state index contributed by atoms with van der Waals surface area (Å²) in [6, 6.07) is 25.7. The number of hydrogen-bond donors (Lipinski definition) is 0. The molecule has 40 heavy (non-hydrogen) atoms. The first-order valence-corrected chi connectivity index (χ1v) is 12.9. The van der Waals surface area contributed by atoms with E-state index in [1.807, 2.05) is 47.3 Å². The summed E-state index contributed by atoms with van der Waals surface area (Å²) in [6.45, 7) is 6.70. The van der Waals surface area contributed by atoms with Gasteiger partial charge in [0.1, 0.15) is 5.65 Å². The quantitative estimate of drug-likeness (QED) is 0.137. The van der Waals surface area contributed by atoms with Gasteiger partial charge in [-0.3, -0.25) is 9.97 Å². The minimum absolute atomic E-state index is 0. The molecule has 5 aromatic heterocycles. The van der Waals surface area contributed by atoms with Crippen LogP contribution in [0.2, 0.25) is 0 Å². The van der Waals surface area contributed by atoms with Gasteiger partial charge in [-0.05, 0) is 33.9 Å². The maximum Gasteiger partial charge on any atom is 2.00 e. The maximum atomic E-state index is 6.33. The third-order valence-corrected chi connectivity index (χ3v) is 7.50. The van der Waals surface area contributed by atoms with Crippen molar-refractivity contribution in [1.29, 1.82) is 0 Å². The Morgan fingerprint density at radius 3 is 1.95 bits per heavy atom. The van der Waals surface area contributed by atoms with Crippen molar-refractivity contribution in [2.45, 2.75) is 26.2 Å². The fourth-order valence-corrected chi connectivity index (χ4v) is 5.55. The van der Waals surface area contributed by atoms with Crippen molar-refractivity contribution in [1.82, 2.24) is 23.8 Å². The van der Waals surface area contributed by atoms with Crippen molar-refractivity contribution in [3.8, 4) is 11.5 Å². The van der Waals surface area contributed by atoms with Crippen molar-refractivity contribution in [2.24, 2.45) is 0 Å². The van der Waals surface area contributed by atoms with Crippen molar-refractivity contribution < 1.29 is 25.8 Å². The molecule has 8 aromatic rings. The second-order valence-electron chi connectivity index (χ2n) is 10.9. The zero-order valence-corrected chi connectivity index (χ0v) is 24.3. The number of hydrogen-bond acceptors (Lipinski definition) is 4. The predicted octanol–water partition coefficient (Wildman–Crippen LogP) is 7.68. The Bertz CT molecular complexity index is 2260. The summed E-state index contributed by atoms with van der Waals surface area (Å²) < 4.78 is 10.5. The minimum atomic E-state index is 0. The SMILES string of the molecule is CC(C)(C)c1ccc2c3ccc(Oc4[c-]c5c(cc4)c4cccnc4n4ccnc54)[c-]c3c3nccn3c2c1.[Pt+2]. The van der Waals surface area contributed by atoms with Crippen LogP contribution in [-0.2, 0) is 26.5 Å². The molecule has 7 heteroatoms. The first-order valence-electron chi connectivity index (χ1n) is 12.9. The minimum Gasteiger partial charge on any atom is -0.497 e. The van der Waals surface area contributed by atoms with E-state index >= 15 is 0 Å². The van der Waals surface area contributed by atoms with Crippen molar-refractivity contribution in [3.63, 3.8) is 0 Å². The van der Waals surface area contributed by atoms with E-state index in [0.29, 0.717) is 11.5 Å². The number of aromatic nitrogens is 5. The number of imidazole rings is 2. The van der Waals surface area contributed by atoms with Crippen LogP contribution in [0.3, 0.4) is 0 Å². The normalized spacial score (nSPS) is 12.2. The third kappa shape index (κ3) is 3.63. The first-order chi connectivity index (χ1) is 19.0. The third-order valence-electron chi connectivity index (χ3n) is 7.50. The number of pyridine rings is 3. The first kappa shape index (κ1) is 24.7. The summed E-state index contributed by atoms with van der Waals surface area (Å²) in [6.07, 6.45) is 9.36. The van der Waals surface area contributed by atoms with Crippen LogP contribution in [0.1, 0.15) is 26.3 Å². The van der Waals surface area contributed by atoms with Gasteiger partial charge in [-0.25, -0.2) is 4.98 Å². The average Bonchev–Trinajstić information content (AvgIpc) is 3.63. The van der Waals surface area contributed by atoms with Gasteiger partial charge in [0.2, 0.25) is 0 Å². The van der Waals surface area contributed by atoms with Crippen LogP contribution in [0.4, 0.5) is 0 Å². The van der Waals surface area contributed by atoms with Crippen molar-refractivity contribution >= 4 is 54.8 Å². The monoisotopic (exact) mass is 700 g/mol. The second-order valence-corrected chi connectivity index (χ2v) is 10.9. The van der Waals surface area contributed by atoms with Crippen LogP contribution >= 0.6 is 0 Å². The molecule has 3 aromatic carbocycles. The van der Waals surface area contributed by atoms with E-state index in [1.54, 1.807) is 12.4 Å². The Balaban J connectivity index is 0.00000264. The van der Waals surface area contributed by atoms with Gasteiger partial charge in [0, 0.05) is 48.0 Å². The van der Waals surface area contributed by atoms with E-state index < -0.39 is 0 Å². The molecule has 0 N–H and O–H groups in total. The zero-order valence-electron chi connectivity index (χ0n) is 22.0. The molecule has 0 aliphatic heterocycles. The molecule has 6 nitrogen and oxygen atoms in total. The van der Waals surface area contributed by atoms with Crippen LogP contribution < -0.4 is 4.74 Å². The smallest absolute Gasteiger partial charge is 0.497 e. The fourth-order valence-electron chi connectivity index (χ4n) is 5.55. The summed E-state index contributed by atoms with van der Waals surface area (Å²) in [5.74, 6) is 1.21. The zero-order chi connectivity index (χ0) is 26.3. The van der Waals surface area contributed by atoms with Gasteiger partial charge in [-0.15, -0.1) is 12.1 Å². The fraction of sp³-hybridized carbons (Fsp3) is 0.121. The van der Waals surface area contributed by atoms with Gasteiger partial charge < -0.3 is 13.5 Å². The summed E-state index contributed by atoms with van der Waals surface area (Å²) in [7, 11) is 0. The van der Waals surface area contributed by atoms with Crippen LogP contribution in [0.25, 0.3) is 54.8 Å². The molecule has 5 heterocycles. The molecule has 8 rings (SSSR count). The number of nitrogens with zero attached hydrogens (tertiary/aromatic N) is 5. The Kier molecular flexibility index (Phi) is 5.48.